The van der Waals surface area contributed by atoms with Gasteiger partial charge in [0, 0.05) is 5.92 Å². The molecular weight excluding hydrogens is 234 g/mol. The molecule has 1 fully saturated rings. The Balaban J connectivity index is 2.32. The first-order valence-corrected chi connectivity index (χ1v) is 6.52. The largest absolute Gasteiger partial charge is 0.480 e. The van der Waals surface area contributed by atoms with Crippen LogP contribution in [0.2, 0.25) is 0 Å². The highest BCUT2D eigenvalue weighted by Crippen LogP contribution is 2.27. The van der Waals surface area contributed by atoms with E-state index < -0.39 is 11.6 Å². The number of amides is 1. The molecule has 1 heterocycles. The lowest BCUT2D eigenvalue weighted by molar-refractivity contribution is -0.175. The second kappa shape index (κ2) is 6.18. The van der Waals surface area contributed by atoms with E-state index in [0.29, 0.717) is 13.1 Å². The van der Waals surface area contributed by atoms with E-state index in [1.165, 1.54) is 0 Å². The van der Waals surface area contributed by atoms with E-state index in [1.54, 1.807) is 4.90 Å². The molecule has 0 bridgehead atoms. The van der Waals surface area contributed by atoms with Gasteiger partial charge in [-0.05, 0) is 13.3 Å². The average Bonchev–Trinajstić information content (AvgIpc) is 2.28. The Morgan fingerprint density at radius 3 is 2.56 bits per heavy atom. The fourth-order valence-electron chi connectivity index (χ4n) is 2.19. The van der Waals surface area contributed by atoms with Gasteiger partial charge in [-0.15, -0.1) is 0 Å². The Morgan fingerprint density at radius 1 is 1.44 bits per heavy atom. The van der Waals surface area contributed by atoms with Gasteiger partial charge < -0.3 is 14.7 Å². The first-order chi connectivity index (χ1) is 8.38. The summed E-state index contributed by atoms with van der Waals surface area (Å²) >= 11 is 0. The second-order valence-corrected chi connectivity index (χ2v) is 5.37. The van der Waals surface area contributed by atoms with Crippen LogP contribution in [-0.2, 0) is 14.3 Å². The number of likely N-dealkylation sites (tertiary alicyclic amines) is 1. The summed E-state index contributed by atoms with van der Waals surface area (Å²) in [4.78, 5) is 24.2. The molecule has 1 amide bonds. The molecule has 0 aliphatic carbocycles. The highest BCUT2D eigenvalue weighted by molar-refractivity contribution is 5.79. The van der Waals surface area contributed by atoms with E-state index in [4.69, 9.17) is 9.84 Å². The van der Waals surface area contributed by atoms with Crippen LogP contribution in [-0.4, -0.2) is 47.2 Å². The number of carbonyl (C=O) groups excluding carboxylic acids is 1. The lowest BCUT2D eigenvalue weighted by atomic mass is 9.93. The number of hydrogen-bond acceptors (Lipinski definition) is 3. The van der Waals surface area contributed by atoms with Crippen LogP contribution in [0.25, 0.3) is 0 Å². The molecule has 0 aromatic heterocycles. The van der Waals surface area contributed by atoms with Crippen LogP contribution in [0.4, 0.5) is 0 Å². The lowest BCUT2D eigenvalue weighted by Gasteiger charge is -2.48. The number of carboxylic acids is 1. The Hall–Kier alpha value is -1.10. The topological polar surface area (TPSA) is 66.8 Å². The van der Waals surface area contributed by atoms with Gasteiger partial charge in [0.25, 0.3) is 0 Å². The van der Waals surface area contributed by atoms with Crippen molar-refractivity contribution < 1.29 is 19.4 Å². The number of aliphatic carboxylic acids is 1. The summed E-state index contributed by atoms with van der Waals surface area (Å²) in [6, 6.07) is 0. The average molecular weight is 257 g/mol. The summed E-state index contributed by atoms with van der Waals surface area (Å²) in [7, 11) is 0. The van der Waals surface area contributed by atoms with Crippen molar-refractivity contribution in [3.63, 3.8) is 0 Å². The zero-order valence-electron chi connectivity index (χ0n) is 11.4. The molecule has 0 aromatic rings. The van der Waals surface area contributed by atoms with Crippen LogP contribution in [0.5, 0.6) is 0 Å². The van der Waals surface area contributed by atoms with Crippen LogP contribution >= 0.6 is 0 Å². The van der Waals surface area contributed by atoms with Crippen LogP contribution in [0.1, 0.15) is 40.0 Å². The SMILES string of the molecule is CCCCC(C)C(=O)N1CC(C)(OCC(=O)O)C1. The molecule has 18 heavy (non-hydrogen) atoms. The minimum atomic E-state index is -0.975. The number of carbonyl (C=O) groups is 2. The zero-order chi connectivity index (χ0) is 13.8. The van der Waals surface area contributed by atoms with Crippen LogP contribution < -0.4 is 0 Å². The van der Waals surface area contributed by atoms with E-state index >= 15 is 0 Å². The van der Waals surface area contributed by atoms with Crippen molar-refractivity contribution in [3.05, 3.63) is 0 Å². The minimum Gasteiger partial charge on any atom is -0.480 e. The molecule has 1 rings (SSSR count). The minimum absolute atomic E-state index is 0.0500. The summed E-state index contributed by atoms with van der Waals surface area (Å²) < 4.78 is 5.27. The number of rotatable bonds is 7. The summed E-state index contributed by atoms with van der Waals surface area (Å²) in [5.41, 5.74) is -0.488. The van der Waals surface area contributed by atoms with Crippen molar-refractivity contribution in [3.8, 4) is 0 Å². The summed E-state index contributed by atoms with van der Waals surface area (Å²) in [5.74, 6) is -0.772. The van der Waals surface area contributed by atoms with Gasteiger partial charge in [0.1, 0.15) is 12.2 Å². The van der Waals surface area contributed by atoms with Gasteiger partial charge in [-0.25, -0.2) is 4.79 Å². The Kier molecular flexibility index (Phi) is 5.14. The third-order valence-electron chi connectivity index (χ3n) is 3.32. The van der Waals surface area contributed by atoms with Crippen LogP contribution in [0.3, 0.4) is 0 Å². The number of ether oxygens (including phenoxy) is 1. The van der Waals surface area contributed by atoms with E-state index in [9.17, 15) is 9.59 Å². The molecular formula is C13H23NO4. The van der Waals surface area contributed by atoms with E-state index in [2.05, 4.69) is 6.92 Å². The quantitative estimate of drug-likeness (QED) is 0.751. The number of hydrogen-bond donors (Lipinski definition) is 1. The van der Waals surface area contributed by atoms with E-state index in [1.807, 2.05) is 13.8 Å². The molecule has 0 radical (unpaired) electrons. The zero-order valence-corrected chi connectivity index (χ0v) is 11.4. The Bertz CT molecular complexity index is 310. The van der Waals surface area contributed by atoms with Gasteiger partial charge in [-0.2, -0.15) is 0 Å². The Labute approximate surface area is 108 Å². The number of carboxylic acid groups (broad SMARTS) is 1. The maximum Gasteiger partial charge on any atom is 0.329 e. The molecule has 1 saturated heterocycles. The van der Waals surface area contributed by atoms with Crippen molar-refractivity contribution in [2.45, 2.75) is 45.6 Å². The maximum atomic E-state index is 12.0. The third kappa shape index (κ3) is 3.98. The molecule has 1 aliphatic heterocycles. The lowest BCUT2D eigenvalue weighted by Crippen LogP contribution is -2.64. The van der Waals surface area contributed by atoms with Crippen molar-refractivity contribution >= 4 is 11.9 Å². The predicted molar refractivity (Wildman–Crippen MR) is 67.3 cm³/mol. The molecule has 1 atom stereocenters. The summed E-state index contributed by atoms with van der Waals surface area (Å²) in [5, 5.41) is 8.55. The van der Waals surface area contributed by atoms with E-state index in [0.717, 1.165) is 19.3 Å². The van der Waals surface area contributed by atoms with Gasteiger partial charge in [0.2, 0.25) is 5.91 Å². The van der Waals surface area contributed by atoms with Gasteiger partial charge in [-0.3, -0.25) is 4.79 Å². The number of nitrogens with zero attached hydrogens (tertiary/aromatic N) is 1. The summed E-state index contributed by atoms with van der Waals surface area (Å²) in [6.45, 7) is 6.59. The highest BCUT2D eigenvalue weighted by atomic mass is 16.5. The molecule has 5 nitrogen and oxygen atoms in total. The fraction of sp³-hybridized carbons (Fsp3) is 0.846. The first kappa shape index (κ1) is 15.0. The summed E-state index contributed by atoms with van der Waals surface area (Å²) in [6.07, 6.45) is 3.07. The molecule has 0 aromatic carbocycles. The molecule has 1 aliphatic rings. The molecule has 0 saturated carbocycles. The molecule has 5 heteroatoms. The molecule has 1 unspecified atom stereocenters. The fourth-order valence-corrected chi connectivity index (χ4v) is 2.19. The van der Waals surface area contributed by atoms with Crippen molar-refractivity contribution in [1.29, 1.82) is 0 Å². The van der Waals surface area contributed by atoms with Crippen molar-refractivity contribution in [2.75, 3.05) is 19.7 Å². The number of unbranched alkanes of at least 4 members (excludes halogenated alkanes) is 1. The molecule has 1 N–H and O–H groups in total. The van der Waals surface area contributed by atoms with Gasteiger partial charge in [0.15, 0.2) is 0 Å². The molecule has 104 valence electrons. The predicted octanol–water partition coefficient (Wildman–Crippen LogP) is 1.51. The first-order valence-electron chi connectivity index (χ1n) is 6.52. The van der Waals surface area contributed by atoms with Crippen LogP contribution in [0.15, 0.2) is 0 Å². The van der Waals surface area contributed by atoms with Crippen LogP contribution in [0, 0.1) is 5.92 Å². The third-order valence-corrected chi connectivity index (χ3v) is 3.32. The van der Waals surface area contributed by atoms with E-state index in [-0.39, 0.29) is 18.4 Å². The highest BCUT2D eigenvalue weighted by Gasteiger charge is 2.43. The van der Waals surface area contributed by atoms with Gasteiger partial charge in [0.05, 0.1) is 13.1 Å². The Morgan fingerprint density at radius 2 is 2.06 bits per heavy atom. The van der Waals surface area contributed by atoms with Crippen molar-refractivity contribution in [2.24, 2.45) is 5.92 Å². The maximum absolute atomic E-state index is 12.0. The second-order valence-electron chi connectivity index (χ2n) is 5.37. The van der Waals surface area contributed by atoms with Crippen molar-refractivity contribution in [1.82, 2.24) is 4.90 Å². The van der Waals surface area contributed by atoms with Gasteiger partial charge in [-0.1, -0.05) is 26.7 Å². The smallest absolute Gasteiger partial charge is 0.329 e. The molecule has 0 spiro atoms. The standard InChI is InChI=1S/C13H23NO4/c1-4-5-6-10(2)12(17)14-8-13(3,9-14)18-7-11(15)16/h10H,4-9H2,1-3H3,(H,15,16). The normalized spacial score (nSPS) is 19.2. The monoisotopic (exact) mass is 257 g/mol. The van der Waals surface area contributed by atoms with Gasteiger partial charge >= 0.3 is 5.97 Å².